The zero-order valence-corrected chi connectivity index (χ0v) is 11.9. The Bertz CT molecular complexity index is 627. The topological polar surface area (TPSA) is 30.7 Å². The molecule has 0 radical (unpaired) electrons. The highest BCUT2D eigenvalue weighted by Gasteiger charge is 2.37. The second-order valence-corrected chi connectivity index (χ2v) is 6.15. The molecule has 5 heteroatoms. The number of nitrogens with zero attached hydrogens (tertiary/aromatic N) is 3. The van der Waals surface area contributed by atoms with Crippen LogP contribution in [0.5, 0.6) is 0 Å². The lowest BCUT2D eigenvalue weighted by Gasteiger charge is -2.37. The number of hydrogen-bond donors (Lipinski definition) is 0. The van der Waals surface area contributed by atoms with Gasteiger partial charge in [-0.15, -0.1) is 0 Å². The lowest BCUT2D eigenvalue weighted by Crippen LogP contribution is -2.28. The van der Waals surface area contributed by atoms with Gasteiger partial charge in [-0.25, -0.2) is 4.39 Å². The molecule has 0 atom stereocenters. The molecule has 1 aliphatic carbocycles. The van der Waals surface area contributed by atoms with Crippen LogP contribution >= 0.6 is 15.9 Å². The van der Waals surface area contributed by atoms with Crippen LogP contribution < -0.4 is 0 Å². The number of rotatable bonds is 1. The molecule has 2 aliphatic heterocycles. The summed E-state index contributed by atoms with van der Waals surface area (Å²) in [4.78, 5) is 4.14. The van der Waals surface area contributed by atoms with Crippen molar-refractivity contribution in [2.24, 2.45) is 0 Å². The van der Waals surface area contributed by atoms with Gasteiger partial charge in [-0.05, 0) is 53.7 Å². The summed E-state index contributed by atoms with van der Waals surface area (Å²) >= 11 is 3.68. The van der Waals surface area contributed by atoms with Crippen molar-refractivity contribution in [1.82, 2.24) is 14.8 Å². The fourth-order valence-electron chi connectivity index (χ4n) is 3.35. The second-order valence-electron chi connectivity index (χ2n) is 5.36. The summed E-state index contributed by atoms with van der Waals surface area (Å²) in [5.74, 6) is 0.296. The molecular formula is C14H13BrFN3. The van der Waals surface area contributed by atoms with E-state index in [4.69, 9.17) is 5.10 Å². The van der Waals surface area contributed by atoms with Gasteiger partial charge in [-0.1, -0.05) is 0 Å². The Morgan fingerprint density at radius 3 is 2.63 bits per heavy atom. The molecule has 1 fully saturated rings. The van der Waals surface area contributed by atoms with Gasteiger partial charge >= 0.3 is 0 Å². The molecule has 0 unspecified atom stereocenters. The fraction of sp³-hybridized carbons (Fsp3) is 0.429. The van der Waals surface area contributed by atoms with Gasteiger partial charge < -0.3 is 0 Å². The molecule has 19 heavy (non-hydrogen) atoms. The summed E-state index contributed by atoms with van der Waals surface area (Å²) in [5, 5.41) is 4.72. The number of pyridine rings is 1. The first-order chi connectivity index (χ1) is 9.24. The van der Waals surface area contributed by atoms with Crippen LogP contribution in [0.25, 0.3) is 11.4 Å². The van der Waals surface area contributed by atoms with Crippen molar-refractivity contribution in [3.8, 4) is 11.4 Å². The van der Waals surface area contributed by atoms with Crippen molar-refractivity contribution in [3.63, 3.8) is 0 Å². The van der Waals surface area contributed by atoms with Crippen LogP contribution in [0.4, 0.5) is 4.39 Å². The predicted molar refractivity (Wildman–Crippen MR) is 73.4 cm³/mol. The summed E-state index contributed by atoms with van der Waals surface area (Å²) in [6.45, 7) is 0. The van der Waals surface area contributed by atoms with Gasteiger partial charge in [0.15, 0.2) is 0 Å². The maximum atomic E-state index is 13.0. The third kappa shape index (κ3) is 1.67. The summed E-state index contributed by atoms with van der Waals surface area (Å²) < 4.78 is 16.2. The maximum absolute atomic E-state index is 13.0. The minimum atomic E-state index is -0.316. The largest absolute Gasteiger partial charge is 0.264 e. The van der Waals surface area contributed by atoms with Crippen molar-refractivity contribution >= 4 is 15.9 Å². The van der Waals surface area contributed by atoms with Crippen molar-refractivity contribution in [2.45, 2.75) is 37.6 Å². The monoisotopic (exact) mass is 321 g/mol. The van der Waals surface area contributed by atoms with Crippen LogP contribution in [-0.4, -0.2) is 14.8 Å². The third-order valence-electron chi connectivity index (χ3n) is 4.29. The molecule has 2 bridgehead atoms. The maximum Gasteiger partial charge on any atom is 0.141 e. The minimum absolute atomic E-state index is 0.316. The number of fused-ring (bicyclic) bond motifs is 2. The van der Waals surface area contributed by atoms with Crippen LogP contribution in [0.1, 0.15) is 43.3 Å². The molecule has 5 rings (SSSR count). The Hall–Kier alpha value is -1.23. The standard InChI is InChI=1S/C14H13BrFN3/c15-12-13(11-6-3-9(16)7-17-11)18-19-10-4-1-8(2-5-10)14(12)19/h3,6-8,10H,1-2,4-5H2. The molecule has 2 aromatic rings. The first kappa shape index (κ1) is 11.6. The van der Waals surface area contributed by atoms with E-state index in [0.29, 0.717) is 12.0 Å². The third-order valence-corrected chi connectivity index (χ3v) is 5.07. The second kappa shape index (κ2) is 4.13. The molecule has 3 nitrogen and oxygen atoms in total. The molecule has 0 saturated heterocycles. The highest BCUT2D eigenvalue weighted by Crippen LogP contribution is 2.49. The van der Waals surface area contributed by atoms with Gasteiger partial charge in [-0.3, -0.25) is 9.67 Å². The van der Waals surface area contributed by atoms with E-state index in [9.17, 15) is 4.39 Å². The Kier molecular flexibility index (Phi) is 2.52. The van der Waals surface area contributed by atoms with E-state index in [1.165, 1.54) is 43.6 Å². The van der Waals surface area contributed by atoms with Crippen molar-refractivity contribution < 1.29 is 4.39 Å². The molecule has 0 aromatic carbocycles. The Morgan fingerprint density at radius 2 is 2.00 bits per heavy atom. The highest BCUT2D eigenvalue weighted by molar-refractivity contribution is 9.10. The lowest BCUT2D eigenvalue weighted by atomic mass is 9.80. The molecule has 0 spiro atoms. The summed E-state index contributed by atoms with van der Waals surface area (Å²) in [7, 11) is 0. The Balaban J connectivity index is 1.87. The van der Waals surface area contributed by atoms with E-state index < -0.39 is 0 Å². The Morgan fingerprint density at radius 1 is 1.21 bits per heavy atom. The quantitative estimate of drug-likeness (QED) is 0.793. The van der Waals surface area contributed by atoms with E-state index in [1.54, 1.807) is 6.07 Å². The van der Waals surface area contributed by atoms with E-state index >= 15 is 0 Å². The van der Waals surface area contributed by atoms with Crippen LogP contribution in [0, 0.1) is 5.82 Å². The summed E-state index contributed by atoms with van der Waals surface area (Å²) in [6.07, 6.45) is 6.20. The van der Waals surface area contributed by atoms with E-state index in [-0.39, 0.29) is 5.82 Å². The first-order valence-corrected chi connectivity index (χ1v) is 7.43. The molecule has 2 aromatic heterocycles. The summed E-state index contributed by atoms with van der Waals surface area (Å²) in [6, 6.07) is 3.66. The van der Waals surface area contributed by atoms with Crippen LogP contribution in [0.15, 0.2) is 22.8 Å². The normalized spacial score (nSPS) is 24.5. The molecule has 4 heterocycles. The number of aromatic nitrogens is 3. The average molecular weight is 322 g/mol. The fourth-order valence-corrected chi connectivity index (χ4v) is 4.13. The first-order valence-electron chi connectivity index (χ1n) is 6.64. The minimum Gasteiger partial charge on any atom is -0.264 e. The molecular weight excluding hydrogens is 309 g/mol. The van der Waals surface area contributed by atoms with Crippen LogP contribution in [-0.2, 0) is 0 Å². The van der Waals surface area contributed by atoms with Crippen molar-refractivity contribution in [3.05, 3.63) is 34.3 Å². The summed E-state index contributed by atoms with van der Waals surface area (Å²) in [5.41, 5.74) is 2.88. The van der Waals surface area contributed by atoms with Gasteiger partial charge in [-0.2, -0.15) is 5.10 Å². The molecule has 0 amide bonds. The zero-order chi connectivity index (χ0) is 13.0. The molecule has 3 aliphatic rings. The number of hydrogen-bond acceptors (Lipinski definition) is 2. The molecule has 98 valence electrons. The van der Waals surface area contributed by atoms with Crippen LogP contribution in [0.2, 0.25) is 0 Å². The smallest absolute Gasteiger partial charge is 0.141 e. The Labute approximate surface area is 119 Å². The molecule has 1 saturated carbocycles. The van der Waals surface area contributed by atoms with Gasteiger partial charge in [0.25, 0.3) is 0 Å². The highest BCUT2D eigenvalue weighted by atomic mass is 79.9. The van der Waals surface area contributed by atoms with Gasteiger partial charge in [0.2, 0.25) is 0 Å². The van der Waals surface area contributed by atoms with Crippen molar-refractivity contribution in [1.29, 1.82) is 0 Å². The van der Waals surface area contributed by atoms with E-state index in [0.717, 1.165) is 15.9 Å². The van der Waals surface area contributed by atoms with Gasteiger partial charge in [0.05, 0.1) is 28.1 Å². The van der Waals surface area contributed by atoms with Gasteiger partial charge in [0, 0.05) is 5.92 Å². The molecule has 0 N–H and O–H groups in total. The number of halogens is 2. The van der Waals surface area contributed by atoms with Gasteiger partial charge in [0.1, 0.15) is 11.5 Å². The lowest BCUT2D eigenvalue weighted by molar-refractivity contribution is 0.239. The van der Waals surface area contributed by atoms with E-state index in [2.05, 4.69) is 25.6 Å². The van der Waals surface area contributed by atoms with Crippen molar-refractivity contribution in [2.75, 3.05) is 0 Å². The van der Waals surface area contributed by atoms with E-state index in [1.807, 2.05) is 0 Å². The average Bonchev–Trinajstić information content (AvgIpc) is 2.81. The van der Waals surface area contributed by atoms with Crippen LogP contribution in [0.3, 0.4) is 0 Å². The SMILES string of the molecule is Fc1ccc(-c2nn3c(c2Br)C2CCC3CC2)nc1. The zero-order valence-electron chi connectivity index (χ0n) is 10.3. The predicted octanol–water partition coefficient (Wildman–Crippen LogP) is 4.06.